The van der Waals surface area contributed by atoms with E-state index in [1.165, 1.54) is 13.5 Å². The average molecular weight is 230 g/mol. The molecule has 1 aliphatic carbocycles. The van der Waals surface area contributed by atoms with Gasteiger partial charge in [-0.2, -0.15) is 11.8 Å². The molecule has 1 amide bonds. The summed E-state index contributed by atoms with van der Waals surface area (Å²) < 4.78 is 0. The first-order chi connectivity index (χ1) is 7.12. The highest BCUT2D eigenvalue weighted by Gasteiger charge is 2.37. The second kappa shape index (κ2) is 5.39. The van der Waals surface area contributed by atoms with E-state index in [-0.39, 0.29) is 5.41 Å². The lowest BCUT2D eigenvalue weighted by molar-refractivity contribution is 0.148. The number of nitrogens with one attached hydrogen (secondary N) is 1. The molecule has 0 aliphatic heterocycles. The van der Waals surface area contributed by atoms with E-state index in [0.29, 0.717) is 0 Å². The maximum atomic E-state index is 10.9. The molecule has 0 aromatic carbocycles. The molecule has 86 valence electrons. The molecule has 0 bridgehead atoms. The van der Waals surface area contributed by atoms with Crippen LogP contribution in [0.2, 0.25) is 0 Å². The lowest BCUT2D eigenvalue weighted by atomic mass is 9.67. The van der Waals surface area contributed by atoms with Gasteiger partial charge in [-0.15, -0.1) is 0 Å². The number of carbonyl (C=O) groups excluding carboxylic acids is 1. The zero-order valence-corrected chi connectivity index (χ0v) is 10.3. The summed E-state index contributed by atoms with van der Waals surface area (Å²) >= 11 is 1.70. The van der Waals surface area contributed by atoms with Gasteiger partial charge in [0.05, 0.1) is 5.71 Å². The van der Waals surface area contributed by atoms with Crippen molar-refractivity contribution in [1.29, 1.82) is 0 Å². The van der Waals surface area contributed by atoms with Gasteiger partial charge in [0.25, 0.3) is 0 Å². The normalized spacial score (nSPS) is 19.3. The van der Waals surface area contributed by atoms with Crippen molar-refractivity contribution in [3.8, 4) is 0 Å². The summed E-state index contributed by atoms with van der Waals surface area (Å²) in [5.74, 6) is 0.827. The number of amides is 1. The van der Waals surface area contributed by atoms with Crippen LogP contribution in [0.25, 0.3) is 0 Å². The van der Waals surface area contributed by atoms with Crippen LogP contribution >= 0.6 is 11.8 Å². The van der Waals surface area contributed by atoms with E-state index in [2.05, 4.69) is 17.4 Å². The van der Waals surface area contributed by atoms with Crippen LogP contribution in [0.3, 0.4) is 0 Å². The molecule has 0 radical (unpaired) electrons. The van der Waals surface area contributed by atoms with Crippen LogP contribution in [0.15, 0.2) is 5.16 Å². The quantitative estimate of drug-likeness (QED) is 0.458. The summed E-state index contributed by atoms with van der Waals surface area (Å²) in [5.41, 5.74) is 1.14. The lowest BCUT2D eigenvalue weighted by Crippen LogP contribution is -2.36. The largest absolute Gasteiger partial charge is 0.433 e. The van der Waals surface area contributed by atoms with Crippen molar-refractivity contribution < 1.29 is 9.63 Å². The van der Waals surface area contributed by atoms with E-state index in [4.69, 9.17) is 4.84 Å². The molecule has 0 unspecified atom stereocenters. The molecule has 0 saturated heterocycles. The molecule has 0 atom stereocenters. The zero-order chi connectivity index (χ0) is 11.3. The van der Waals surface area contributed by atoms with E-state index in [1.807, 2.05) is 6.26 Å². The van der Waals surface area contributed by atoms with Crippen molar-refractivity contribution in [2.75, 3.05) is 19.1 Å². The Hall–Kier alpha value is -0.710. The summed E-state index contributed by atoms with van der Waals surface area (Å²) in [6.45, 7) is 2.18. The van der Waals surface area contributed by atoms with E-state index in [0.717, 1.165) is 24.3 Å². The summed E-state index contributed by atoms with van der Waals surface area (Å²) in [7, 11) is 1.52. The van der Waals surface area contributed by atoms with E-state index in [1.54, 1.807) is 11.8 Å². The smallest absolute Gasteiger partial charge is 0.323 e. The first kappa shape index (κ1) is 12.4. The van der Waals surface area contributed by atoms with Gasteiger partial charge in [0.1, 0.15) is 0 Å². The number of nitrogens with zero attached hydrogens (tertiary/aromatic N) is 1. The van der Waals surface area contributed by atoms with Gasteiger partial charge in [0.15, 0.2) is 0 Å². The SMILES string of the molecule is CNC(=O)ON=C(CSC)C1(C)CCC1. The Morgan fingerprint density at radius 3 is 2.67 bits per heavy atom. The minimum absolute atomic E-state index is 0.150. The zero-order valence-electron chi connectivity index (χ0n) is 9.50. The fourth-order valence-corrected chi connectivity index (χ4v) is 2.26. The number of oxime groups is 1. The van der Waals surface area contributed by atoms with Crippen LogP contribution in [0.5, 0.6) is 0 Å². The third-order valence-electron chi connectivity index (χ3n) is 2.88. The van der Waals surface area contributed by atoms with Crippen LogP contribution in [0.1, 0.15) is 26.2 Å². The molecule has 1 fully saturated rings. The number of hydrogen-bond acceptors (Lipinski definition) is 4. The van der Waals surface area contributed by atoms with E-state index in [9.17, 15) is 4.79 Å². The highest BCUT2D eigenvalue weighted by Crippen LogP contribution is 2.42. The molecule has 0 heterocycles. The molecule has 1 rings (SSSR count). The van der Waals surface area contributed by atoms with Crippen LogP contribution < -0.4 is 5.32 Å². The summed E-state index contributed by atoms with van der Waals surface area (Å²) in [4.78, 5) is 15.7. The second-order valence-electron chi connectivity index (χ2n) is 4.01. The molecular formula is C10H18N2O2S. The summed E-state index contributed by atoms with van der Waals surface area (Å²) in [6, 6.07) is 0. The Bertz CT molecular complexity index is 262. The van der Waals surface area contributed by atoms with Gasteiger partial charge in [0, 0.05) is 18.2 Å². The minimum Gasteiger partial charge on any atom is -0.323 e. The highest BCUT2D eigenvalue weighted by molar-refractivity contribution is 7.99. The van der Waals surface area contributed by atoms with Crippen molar-refractivity contribution in [2.24, 2.45) is 10.6 Å². The van der Waals surface area contributed by atoms with Gasteiger partial charge < -0.3 is 5.32 Å². The topological polar surface area (TPSA) is 50.7 Å². The predicted molar refractivity (Wildman–Crippen MR) is 63.3 cm³/mol. The summed E-state index contributed by atoms with van der Waals surface area (Å²) in [5, 5.41) is 6.34. The van der Waals surface area contributed by atoms with E-state index < -0.39 is 6.09 Å². The van der Waals surface area contributed by atoms with Crippen LogP contribution in [0, 0.1) is 5.41 Å². The predicted octanol–water partition coefficient (Wildman–Crippen LogP) is 2.25. The van der Waals surface area contributed by atoms with Gasteiger partial charge in [-0.05, 0) is 19.1 Å². The van der Waals surface area contributed by atoms with Crippen LogP contribution in [-0.2, 0) is 4.84 Å². The molecule has 1 aliphatic rings. The molecular weight excluding hydrogens is 212 g/mol. The Labute approximate surface area is 94.8 Å². The maximum absolute atomic E-state index is 10.9. The number of hydrogen-bond donors (Lipinski definition) is 1. The highest BCUT2D eigenvalue weighted by atomic mass is 32.2. The first-order valence-electron chi connectivity index (χ1n) is 5.07. The Morgan fingerprint density at radius 2 is 2.27 bits per heavy atom. The molecule has 1 saturated carbocycles. The minimum atomic E-state index is -0.503. The maximum Gasteiger partial charge on any atom is 0.433 e. The fraction of sp³-hybridized carbons (Fsp3) is 0.800. The molecule has 5 heteroatoms. The number of rotatable bonds is 4. The van der Waals surface area contributed by atoms with Crippen molar-refractivity contribution in [2.45, 2.75) is 26.2 Å². The van der Waals surface area contributed by atoms with Gasteiger partial charge >= 0.3 is 6.09 Å². The Kier molecular flexibility index (Phi) is 4.45. The Morgan fingerprint density at radius 1 is 1.60 bits per heavy atom. The number of thioether (sulfide) groups is 1. The Balaban J connectivity index is 2.60. The van der Waals surface area contributed by atoms with Gasteiger partial charge in [-0.3, -0.25) is 4.84 Å². The molecule has 1 N–H and O–H groups in total. The third-order valence-corrected chi connectivity index (χ3v) is 3.44. The third kappa shape index (κ3) is 3.12. The second-order valence-corrected chi connectivity index (χ2v) is 4.88. The molecule has 0 aromatic heterocycles. The van der Waals surface area contributed by atoms with Crippen LogP contribution in [0.4, 0.5) is 4.79 Å². The van der Waals surface area contributed by atoms with Crippen molar-refractivity contribution in [3.05, 3.63) is 0 Å². The first-order valence-corrected chi connectivity index (χ1v) is 6.47. The molecule has 4 nitrogen and oxygen atoms in total. The van der Waals surface area contributed by atoms with Gasteiger partial charge in [-0.25, -0.2) is 4.79 Å². The lowest BCUT2D eigenvalue weighted by Gasteiger charge is -2.38. The van der Waals surface area contributed by atoms with E-state index >= 15 is 0 Å². The molecule has 0 spiro atoms. The molecule has 0 aromatic rings. The monoisotopic (exact) mass is 230 g/mol. The van der Waals surface area contributed by atoms with Crippen molar-refractivity contribution in [3.63, 3.8) is 0 Å². The van der Waals surface area contributed by atoms with Gasteiger partial charge in [0.2, 0.25) is 0 Å². The van der Waals surface area contributed by atoms with Gasteiger partial charge in [-0.1, -0.05) is 18.5 Å². The number of carbonyl (C=O) groups is 1. The summed E-state index contributed by atoms with van der Waals surface area (Å²) in [6.07, 6.45) is 5.05. The van der Waals surface area contributed by atoms with Crippen molar-refractivity contribution >= 4 is 23.6 Å². The molecule has 15 heavy (non-hydrogen) atoms. The fourth-order valence-electron chi connectivity index (χ4n) is 1.59. The standard InChI is InChI=1S/C10H18N2O2S/c1-10(5-4-6-10)8(7-15-3)12-14-9(13)11-2/h4-7H2,1-3H3,(H,11,13). The average Bonchev–Trinajstić information content (AvgIpc) is 2.20. The van der Waals surface area contributed by atoms with Crippen LogP contribution in [-0.4, -0.2) is 30.9 Å². The van der Waals surface area contributed by atoms with Crippen molar-refractivity contribution in [1.82, 2.24) is 5.32 Å².